The number of amides is 5. The van der Waals surface area contributed by atoms with Crippen molar-refractivity contribution in [2.45, 2.75) is 64.2 Å². The number of carboxylic acids is 1. The number of benzene rings is 2. The fourth-order valence-electron chi connectivity index (χ4n) is 4.17. The van der Waals surface area contributed by atoms with Crippen LogP contribution in [0, 0.1) is 5.92 Å². The van der Waals surface area contributed by atoms with Gasteiger partial charge < -0.3 is 37.8 Å². The second-order valence-electron chi connectivity index (χ2n) is 10.7. The van der Waals surface area contributed by atoms with Gasteiger partial charge in [0.15, 0.2) is 0 Å². The van der Waals surface area contributed by atoms with Gasteiger partial charge in [-0.2, -0.15) is 0 Å². The number of primary amides is 1. The third-order valence-corrected chi connectivity index (χ3v) is 6.44. The Balaban J connectivity index is 1.95. The fraction of sp³-hybridized carbons (Fsp3) is 0.400. The molecule has 0 aliphatic carbocycles. The van der Waals surface area contributed by atoms with E-state index in [1.807, 2.05) is 13.8 Å². The maximum absolute atomic E-state index is 13.0. The van der Waals surface area contributed by atoms with Crippen LogP contribution < -0.4 is 32.7 Å². The lowest BCUT2D eigenvalue weighted by Gasteiger charge is -2.23. The topological polar surface area (TPSA) is 223 Å². The first-order valence-electron chi connectivity index (χ1n) is 13.9. The van der Waals surface area contributed by atoms with Crippen molar-refractivity contribution >= 4 is 35.5 Å². The molecule has 13 nitrogen and oxygen atoms in total. The van der Waals surface area contributed by atoms with Gasteiger partial charge in [-0.05, 0) is 48.9 Å². The normalized spacial score (nSPS) is 13.6. The average molecular weight is 597 g/mol. The molecule has 0 aliphatic rings. The zero-order valence-electron chi connectivity index (χ0n) is 24.5. The molecule has 2 rings (SSSR count). The first-order chi connectivity index (χ1) is 20.3. The van der Waals surface area contributed by atoms with Crippen molar-refractivity contribution in [3.63, 3.8) is 0 Å². The first kappa shape index (κ1) is 34.4. The molecule has 0 spiro atoms. The predicted molar refractivity (Wildman–Crippen MR) is 158 cm³/mol. The van der Waals surface area contributed by atoms with Crippen LogP contribution >= 0.6 is 0 Å². The summed E-state index contributed by atoms with van der Waals surface area (Å²) >= 11 is 0. The molecule has 0 aliphatic heterocycles. The molecule has 232 valence electrons. The predicted octanol–water partition coefficient (Wildman–Crippen LogP) is -0.381. The van der Waals surface area contributed by atoms with Crippen LogP contribution in [0.3, 0.4) is 0 Å². The van der Waals surface area contributed by atoms with Gasteiger partial charge in [-0.15, -0.1) is 0 Å². The van der Waals surface area contributed by atoms with Gasteiger partial charge in [0.1, 0.15) is 18.1 Å². The van der Waals surface area contributed by atoms with Crippen LogP contribution in [0.4, 0.5) is 0 Å². The van der Waals surface area contributed by atoms with Gasteiger partial charge >= 0.3 is 5.97 Å². The van der Waals surface area contributed by atoms with Crippen LogP contribution in [0.5, 0.6) is 0 Å². The third kappa shape index (κ3) is 11.9. The minimum atomic E-state index is -1.19. The number of rotatable bonds is 16. The van der Waals surface area contributed by atoms with Crippen LogP contribution in [0.25, 0.3) is 0 Å². The number of hydrogen-bond donors (Lipinski definition) is 7. The molecule has 43 heavy (non-hydrogen) atoms. The molecular weight excluding hydrogens is 556 g/mol. The van der Waals surface area contributed by atoms with Crippen molar-refractivity contribution in [1.82, 2.24) is 21.3 Å². The van der Waals surface area contributed by atoms with Crippen molar-refractivity contribution in [3.05, 3.63) is 71.3 Å². The maximum atomic E-state index is 13.0. The zero-order valence-corrected chi connectivity index (χ0v) is 24.5. The van der Waals surface area contributed by atoms with Crippen LogP contribution in [-0.4, -0.2) is 71.3 Å². The highest BCUT2D eigenvalue weighted by atomic mass is 16.4. The van der Waals surface area contributed by atoms with E-state index in [1.165, 1.54) is 19.1 Å². The first-order valence-corrected chi connectivity index (χ1v) is 13.9. The Kier molecular flexibility index (Phi) is 13.3. The molecule has 2 aromatic carbocycles. The molecule has 0 fully saturated rings. The highest BCUT2D eigenvalue weighted by Gasteiger charge is 2.28. The summed E-state index contributed by atoms with van der Waals surface area (Å²) < 4.78 is 0. The van der Waals surface area contributed by atoms with E-state index in [9.17, 15) is 33.9 Å². The number of aliphatic carboxylic acids is 1. The molecule has 4 atom stereocenters. The van der Waals surface area contributed by atoms with E-state index in [1.54, 1.807) is 42.5 Å². The average Bonchev–Trinajstić information content (AvgIpc) is 2.95. The maximum Gasteiger partial charge on any atom is 0.326 e. The lowest BCUT2D eigenvalue weighted by molar-refractivity contribution is -0.142. The Morgan fingerprint density at radius 1 is 0.767 bits per heavy atom. The molecule has 0 heterocycles. The summed E-state index contributed by atoms with van der Waals surface area (Å²) in [7, 11) is 0. The summed E-state index contributed by atoms with van der Waals surface area (Å²) in [6.45, 7) is 4.57. The SMILES string of the molecule is CC(C)CC(NC(=O)C(Cc1ccccc1)NC(=O)CNC(=O)C(C)NC(=O)C(N)Cc1cccc(C(N)=O)c1)C(=O)O. The van der Waals surface area contributed by atoms with Crippen LogP contribution in [0.2, 0.25) is 0 Å². The van der Waals surface area contributed by atoms with Gasteiger partial charge in [0.05, 0.1) is 12.6 Å². The monoisotopic (exact) mass is 596 g/mol. The number of nitrogens with one attached hydrogen (secondary N) is 4. The highest BCUT2D eigenvalue weighted by molar-refractivity contribution is 5.94. The van der Waals surface area contributed by atoms with Crippen molar-refractivity contribution in [3.8, 4) is 0 Å². The van der Waals surface area contributed by atoms with Gasteiger partial charge in [0.25, 0.3) is 0 Å². The fourth-order valence-corrected chi connectivity index (χ4v) is 4.17. The Hall–Kier alpha value is -4.78. The van der Waals surface area contributed by atoms with E-state index in [0.717, 1.165) is 5.56 Å². The number of nitrogens with two attached hydrogens (primary N) is 2. The van der Waals surface area contributed by atoms with Crippen LogP contribution in [0.15, 0.2) is 54.6 Å². The molecule has 5 amide bonds. The smallest absolute Gasteiger partial charge is 0.326 e. The molecule has 0 saturated heterocycles. The molecule has 0 saturated carbocycles. The van der Waals surface area contributed by atoms with Crippen LogP contribution in [0.1, 0.15) is 48.7 Å². The molecule has 0 aromatic heterocycles. The van der Waals surface area contributed by atoms with E-state index in [2.05, 4.69) is 21.3 Å². The second kappa shape index (κ2) is 16.6. The largest absolute Gasteiger partial charge is 0.480 e. The third-order valence-electron chi connectivity index (χ3n) is 6.44. The number of carbonyl (C=O) groups excluding carboxylic acids is 5. The lowest BCUT2D eigenvalue weighted by atomic mass is 10.0. The van der Waals surface area contributed by atoms with Gasteiger partial charge in [0, 0.05) is 12.0 Å². The van der Waals surface area contributed by atoms with Gasteiger partial charge in [0.2, 0.25) is 29.5 Å². The summed E-state index contributed by atoms with van der Waals surface area (Å²) in [5, 5.41) is 19.5. The summed E-state index contributed by atoms with van der Waals surface area (Å²) in [5.74, 6) is -4.45. The second-order valence-corrected chi connectivity index (χ2v) is 10.7. The molecule has 0 radical (unpaired) electrons. The Bertz CT molecular complexity index is 1300. The van der Waals surface area contributed by atoms with E-state index in [4.69, 9.17) is 11.5 Å². The number of carbonyl (C=O) groups is 6. The number of carboxylic acid groups (broad SMARTS) is 1. The van der Waals surface area contributed by atoms with Crippen LogP contribution in [-0.2, 0) is 36.8 Å². The van der Waals surface area contributed by atoms with Crippen molar-refractivity contribution in [2.24, 2.45) is 17.4 Å². The Morgan fingerprint density at radius 3 is 2.02 bits per heavy atom. The molecule has 2 aromatic rings. The van der Waals surface area contributed by atoms with E-state index >= 15 is 0 Å². The summed E-state index contributed by atoms with van der Waals surface area (Å²) in [4.78, 5) is 73.9. The quantitative estimate of drug-likeness (QED) is 0.135. The van der Waals surface area contributed by atoms with Gasteiger partial charge in [-0.1, -0.05) is 56.3 Å². The molecule has 0 bridgehead atoms. The Morgan fingerprint density at radius 2 is 1.42 bits per heavy atom. The Labute approximate surface area is 250 Å². The molecule has 9 N–H and O–H groups in total. The minimum Gasteiger partial charge on any atom is -0.480 e. The van der Waals surface area contributed by atoms with Gasteiger partial charge in [-0.25, -0.2) is 4.79 Å². The minimum absolute atomic E-state index is 0.00355. The number of hydrogen-bond acceptors (Lipinski definition) is 7. The zero-order chi connectivity index (χ0) is 32.1. The summed E-state index contributed by atoms with van der Waals surface area (Å²) in [6, 6.07) is 10.9. The molecule has 13 heteroatoms. The lowest BCUT2D eigenvalue weighted by Crippen LogP contribution is -2.55. The van der Waals surface area contributed by atoms with Crippen molar-refractivity contribution < 1.29 is 33.9 Å². The van der Waals surface area contributed by atoms with Crippen molar-refractivity contribution in [2.75, 3.05) is 6.54 Å². The van der Waals surface area contributed by atoms with Crippen molar-refractivity contribution in [1.29, 1.82) is 0 Å². The molecular formula is C30H40N6O7. The summed E-state index contributed by atoms with van der Waals surface area (Å²) in [5.41, 5.74) is 12.9. The standard InChI is InChI=1S/C30H40N6O7/c1-17(2)12-24(30(42)43)36-29(41)23(15-19-8-5-4-6-9-19)35-25(37)16-33-27(39)18(3)34-28(40)22(31)14-20-10-7-11-21(13-20)26(32)38/h4-11,13,17-18,22-24H,12,14-16,31H2,1-3H3,(H2,32,38)(H,33,39)(H,34,40)(H,35,37)(H,36,41)(H,42,43). The highest BCUT2D eigenvalue weighted by Crippen LogP contribution is 2.09. The van der Waals surface area contributed by atoms with E-state index in [-0.39, 0.29) is 30.7 Å². The summed E-state index contributed by atoms with van der Waals surface area (Å²) in [6.07, 6.45) is 0.387. The molecule has 4 unspecified atom stereocenters. The van der Waals surface area contributed by atoms with E-state index < -0.39 is 66.2 Å². The van der Waals surface area contributed by atoms with E-state index in [0.29, 0.717) is 5.56 Å². The van der Waals surface area contributed by atoms with Gasteiger partial charge in [-0.3, -0.25) is 24.0 Å².